The van der Waals surface area contributed by atoms with E-state index in [2.05, 4.69) is 45.3 Å². The lowest BCUT2D eigenvalue weighted by molar-refractivity contribution is 0.392. The smallest absolute Gasteiger partial charge is 0.183 e. The molecular formula is C13H18BrN5. The molecule has 0 unspecified atom stereocenters. The quantitative estimate of drug-likeness (QED) is 0.858. The summed E-state index contributed by atoms with van der Waals surface area (Å²) in [4.78, 5) is 0. The van der Waals surface area contributed by atoms with E-state index in [1.54, 1.807) is 0 Å². The van der Waals surface area contributed by atoms with Crippen LogP contribution < -0.4 is 5.73 Å². The van der Waals surface area contributed by atoms with E-state index in [1.807, 2.05) is 22.9 Å². The normalized spacial score (nSPS) is 11.2. The number of anilines is 1. The van der Waals surface area contributed by atoms with Crippen LogP contribution in [0.4, 0.5) is 5.69 Å². The molecule has 1 heterocycles. The van der Waals surface area contributed by atoms with E-state index in [0.29, 0.717) is 11.6 Å². The first-order chi connectivity index (χ1) is 9.15. The lowest BCUT2D eigenvalue weighted by Gasteiger charge is -2.13. The van der Waals surface area contributed by atoms with Gasteiger partial charge in [-0.25, -0.2) is 4.68 Å². The molecule has 0 amide bonds. The van der Waals surface area contributed by atoms with Gasteiger partial charge < -0.3 is 5.73 Å². The Balaban J connectivity index is 2.36. The minimum Gasteiger partial charge on any atom is -0.399 e. The van der Waals surface area contributed by atoms with Crippen LogP contribution >= 0.6 is 15.9 Å². The molecule has 2 aromatic rings. The molecule has 0 radical (unpaired) electrons. The standard InChI is InChI=1S/C13H18BrN5/c1-3-9(4-2)8-19-13(16-17-18-19)11-7-10(15)5-6-12(11)14/h5-7,9H,3-4,8,15H2,1-2H3. The second kappa shape index (κ2) is 6.14. The maximum absolute atomic E-state index is 5.84. The highest BCUT2D eigenvalue weighted by atomic mass is 79.9. The van der Waals surface area contributed by atoms with Crippen molar-refractivity contribution >= 4 is 21.6 Å². The van der Waals surface area contributed by atoms with Crippen molar-refractivity contribution in [1.82, 2.24) is 20.2 Å². The summed E-state index contributed by atoms with van der Waals surface area (Å²) in [6.45, 7) is 5.21. The van der Waals surface area contributed by atoms with Gasteiger partial charge in [-0.3, -0.25) is 0 Å². The topological polar surface area (TPSA) is 69.6 Å². The third-order valence-electron chi connectivity index (χ3n) is 3.35. The van der Waals surface area contributed by atoms with E-state index in [4.69, 9.17) is 5.73 Å². The number of hydrogen-bond acceptors (Lipinski definition) is 4. The number of tetrazole rings is 1. The van der Waals surface area contributed by atoms with Gasteiger partial charge in [0.1, 0.15) is 0 Å². The third kappa shape index (κ3) is 3.12. The molecule has 1 aromatic carbocycles. The molecule has 0 atom stereocenters. The fourth-order valence-corrected chi connectivity index (χ4v) is 2.45. The summed E-state index contributed by atoms with van der Waals surface area (Å²) in [5.41, 5.74) is 7.47. The van der Waals surface area contributed by atoms with E-state index in [9.17, 15) is 0 Å². The number of aromatic nitrogens is 4. The molecule has 1 aromatic heterocycles. The van der Waals surface area contributed by atoms with Gasteiger partial charge in [-0.2, -0.15) is 0 Å². The van der Waals surface area contributed by atoms with Crippen LogP contribution in [-0.2, 0) is 6.54 Å². The molecule has 102 valence electrons. The first-order valence-corrected chi connectivity index (χ1v) is 7.26. The van der Waals surface area contributed by atoms with Crippen LogP contribution in [0, 0.1) is 5.92 Å². The summed E-state index contributed by atoms with van der Waals surface area (Å²) in [5, 5.41) is 12.0. The van der Waals surface area contributed by atoms with Crippen molar-refractivity contribution in [2.75, 3.05) is 5.73 Å². The third-order valence-corrected chi connectivity index (χ3v) is 4.04. The van der Waals surface area contributed by atoms with Gasteiger partial charge in [-0.15, -0.1) is 5.10 Å². The number of nitrogens with two attached hydrogens (primary N) is 1. The number of benzene rings is 1. The number of nitrogens with zero attached hydrogens (tertiary/aromatic N) is 4. The Labute approximate surface area is 121 Å². The number of nitrogen functional groups attached to an aromatic ring is 1. The zero-order chi connectivity index (χ0) is 13.8. The van der Waals surface area contributed by atoms with Crippen molar-refractivity contribution < 1.29 is 0 Å². The lowest BCUT2D eigenvalue weighted by Crippen LogP contribution is -2.12. The van der Waals surface area contributed by atoms with Crippen molar-refractivity contribution in [3.05, 3.63) is 22.7 Å². The van der Waals surface area contributed by atoms with Gasteiger partial charge >= 0.3 is 0 Å². The zero-order valence-electron chi connectivity index (χ0n) is 11.2. The molecule has 19 heavy (non-hydrogen) atoms. The average molecular weight is 324 g/mol. The fraction of sp³-hybridized carbons (Fsp3) is 0.462. The molecule has 2 N–H and O–H groups in total. The monoisotopic (exact) mass is 323 g/mol. The van der Waals surface area contributed by atoms with Gasteiger partial charge in [0.2, 0.25) is 0 Å². The molecule has 0 aliphatic heterocycles. The van der Waals surface area contributed by atoms with Gasteiger partial charge in [0.05, 0.1) is 0 Å². The first-order valence-electron chi connectivity index (χ1n) is 6.47. The Kier molecular flexibility index (Phi) is 4.52. The molecular weight excluding hydrogens is 306 g/mol. The summed E-state index contributed by atoms with van der Waals surface area (Å²) >= 11 is 3.52. The van der Waals surface area contributed by atoms with Crippen molar-refractivity contribution in [3.63, 3.8) is 0 Å². The minimum atomic E-state index is 0.585. The highest BCUT2D eigenvalue weighted by Gasteiger charge is 2.15. The average Bonchev–Trinajstić information content (AvgIpc) is 2.86. The highest BCUT2D eigenvalue weighted by molar-refractivity contribution is 9.10. The van der Waals surface area contributed by atoms with Crippen molar-refractivity contribution in [1.29, 1.82) is 0 Å². The lowest BCUT2D eigenvalue weighted by atomic mass is 10.0. The first kappa shape index (κ1) is 14.0. The van der Waals surface area contributed by atoms with E-state index < -0.39 is 0 Å². The summed E-state index contributed by atoms with van der Waals surface area (Å²) in [7, 11) is 0. The van der Waals surface area contributed by atoms with Gasteiger partial charge in [0, 0.05) is 22.3 Å². The minimum absolute atomic E-state index is 0.585. The maximum atomic E-state index is 5.84. The molecule has 0 bridgehead atoms. The Morgan fingerprint density at radius 3 is 2.74 bits per heavy atom. The molecule has 6 heteroatoms. The van der Waals surface area contributed by atoms with E-state index >= 15 is 0 Å². The Bertz CT molecular complexity index is 548. The van der Waals surface area contributed by atoms with Crippen LogP contribution in [0.25, 0.3) is 11.4 Å². The summed E-state index contributed by atoms with van der Waals surface area (Å²) in [5.74, 6) is 1.34. The Morgan fingerprint density at radius 1 is 1.32 bits per heavy atom. The van der Waals surface area contributed by atoms with Gasteiger partial charge in [0.25, 0.3) is 0 Å². The molecule has 0 spiro atoms. The fourth-order valence-electron chi connectivity index (χ4n) is 2.03. The predicted molar refractivity (Wildman–Crippen MR) is 79.4 cm³/mol. The molecule has 5 nitrogen and oxygen atoms in total. The molecule has 0 saturated carbocycles. The van der Waals surface area contributed by atoms with E-state index in [1.165, 1.54) is 0 Å². The largest absolute Gasteiger partial charge is 0.399 e. The van der Waals surface area contributed by atoms with Crippen molar-refractivity contribution in [2.24, 2.45) is 5.92 Å². The van der Waals surface area contributed by atoms with E-state index in [-0.39, 0.29) is 0 Å². The van der Waals surface area contributed by atoms with E-state index in [0.717, 1.165) is 35.2 Å². The number of halogens is 1. The second-order valence-corrected chi connectivity index (χ2v) is 5.46. The van der Waals surface area contributed by atoms with Crippen LogP contribution in [0.15, 0.2) is 22.7 Å². The zero-order valence-corrected chi connectivity index (χ0v) is 12.8. The Morgan fingerprint density at radius 2 is 2.05 bits per heavy atom. The van der Waals surface area contributed by atoms with Crippen LogP contribution in [0.5, 0.6) is 0 Å². The molecule has 0 aliphatic carbocycles. The summed E-state index contributed by atoms with van der Waals surface area (Å²) < 4.78 is 2.80. The SMILES string of the molecule is CCC(CC)Cn1nnnc1-c1cc(N)ccc1Br. The predicted octanol–water partition coefficient (Wildman–Crippen LogP) is 3.12. The number of hydrogen-bond donors (Lipinski definition) is 1. The van der Waals surface area contributed by atoms with Gasteiger partial charge in [-0.1, -0.05) is 42.6 Å². The maximum Gasteiger partial charge on any atom is 0.183 e. The van der Waals surface area contributed by atoms with Crippen LogP contribution in [0.3, 0.4) is 0 Å². The van der Waals surface area contributed by atoms with Crippen LogP contribution in [-0.4, -0.2) is 20.2 Å². The van der Waals surface area contributed by atoms with Crippen LogP contribution in [0.1, 0.15) is 26.7 Å². The molecule has 0 aliphatic rings. The summed E-state index contributed by atoms with van der Waals surface area (Å²) in [6.07, 6.45) is 2.24. The number of rotatable bonds is 5. The Hall–Kier alpha value is -1.43. The second-order valence-electron chi connectivity index (χ2n) is 4.61. The van der Waals surface area contributed by atoms with Crippen molar-refractivity contribution in [2.45, 2.75) is 33.2 Å². The molecule has 2 rings (SSSR count). The van der Waals surface area contributed by atoms with Gasteiger partial charge in [0.15, 0.2) is 5.82 Å². The highest BCUT2D eigenvalue weighted by Crippen LogP contribution is 2.28. The van der Waals surface area contributed by atoms with Crippen LogP contribution in [0.2, 0.25) is 0 Å². The summed E-state index contributed by atoms with van der Waals surface area (Å²) in [6, 6.07) is 5.66. The van der Waals surface area contributed by atoms with Crippen molar-refractivity contribution in [3.8, 4) is 11.4 Å². The molecule has 0 fully saturated rings. The molecule has 0 saturated heterocycles. The van der Waals surface area contributed by atoms with Gasteiger partial charge in [-0.05, 0) is 34.5 Å².